The van der Waals surface area contributed by atoms with Gasteiger partial charge in [-0.05, 0) is 56.2 Å². The lowest BCUT2D eigenvalue weighted by molar-refractivity contribution is -0.00356. The minimum atomic E-state index is -0.00611. The number of hydrogen-bond acceptors (Lipinski definition) is 3. The quantitative estimate of drug-likeness (QED) is 0.908. The number of fused-ring (bicyclic) bond motifs is 1. The van der Waals surface area contributed by atoms with E-state index in [2.05, 4.69) is 15.4 Å². The van der Waals surface area contributed by atoms with E-state index in [1.165, 1.54) is 24.1 Å². The third-order valence-corrected chi connectivity index (χ3v) is 5.17. The van der Waals surface area contributed by atoms with Crippen molar-refractivity contribution in [2.24, 2.45) is 7.05 Å². The fraction of sp³-hybridized carbons (Fsp3) is 0.556. The molecular weight excluding hydrogens is 304 g/mol. The van der Waals surface area contributed by atoms with Crippen molar-refractivity contribution in [3.63, 3.8) is 0 Å². The van der Waals surface area contributed by atoms with Crippen LogP contribution < -0.4 is 5.32 Å². The lowest BCUT2D eigenvalue weighted by Crippen LogP contribution is -2.40. The predicted octanol–water partition coefficient (Wildman–Crippen LogP) is 2.28. The van der Waals surface area contributed by atoms with Crippen molar-refractivity contribution >= 4 is 5.91 Å². The number of ether oxygens (including phenoxy) is 1. The fourth-order valence-corrected chi connectivity index (χ4v) is 3.82. The molecule has 0 saturated carbocycles. The standard InChI is InChI=1S/C18H24N4O2/c1-22-16(6-8-19-22)17-11-13(7-9-24-17)20-18(23)15-10-12-4-2-3-5-14(12)21-15/h6,8,10,13,17,21H,2-5,7,9,11H2,1H3,(H,20,23). The monoisotopic (exact) mass is 328 g/mol. The fourth-order valence-electron chi connectivity index (χ4n) is 3.82. The molecule has 6 nitrogen and oxygen atoms in total. The Bertz CT molecular complexity index is 710. The molecule has 2 aliphatic rings. The van der Waals surface area contributed by atoms with Gasteiger partial charge in [-0.25, -0.2) is 0 Å². The largest absolute Gasteiger partial charge is 0.372 e. The molecule has 128 valence electrons. The smallest absolute Gasteiger partial charge is 0.267 e. The van der Waals surface area contributed by atoms with Crippen molar-refractivity contribution in [2.45, 2.75) is 50.7 Å². The zero-order valence-electron chi connectivity index (χ0n) is 14.0. The molecule has 6 heteroatoms. The van der Waals surface area contributed by atoms with Crippen molar-refractivity contribution in [3.8, 4) is 0 Å². The summed E-state index contributed by atoms with van der Waals surface area (Å²) in [5.74, 6) is 0.0000520. The van der Waals surface area contributed by atoms with Gasteiger partial charge in [-0.15, -0.1) is 0 Å². The van der Waals surface area contributed by atoms with E-state index in [1.54, 1.807) is 6.20 Å². The summed E-state index contributed by atoms with van der Waals surface area (Å²) in [4.78, 5) is 15.9. The summed E-state index contributed by atoms with van der Waals surface area (Å²) in [6, 6.07) is 4.14. The summed E-state index contributed by atoms with van der Waals surface area (Å²) in [6.07, 6.45) is 7.98. The van der Waals surface area contributed by atoms with E-state index >= 15 is 0 Å². The van der Waals surface area contributed by atoms with Gasteiger partial charge in [0, 0.05) is 31.6 Å². The van der Waals surface area contributed by atoms with Crippen LogP contribution in [-0.2, 0) is 24.6 Å². The Balaban J connectivity index is 1.42. The number of nitrogens with zero attached hydrogens (tertiary/aromatic N) is 2. The topological polar surface area (TPSA) is 71.9 Å². The van der Waals surface area contributed by atoms with Gasteiger partial charge in [0.05, 0.1) is 5.69 Å². The number of hydrogen-bond donors (Lipinski definition) is 2. The Kier molecular flexibility index (Phi) is 4.14. The Hall–Kier alpha value is -2.08. The molecule has 1 fully saturated rings. The third kappa shape index (κ3) is 2.98. The number of aromatic amines is 1. The molecule has 2 aromatic rings. The molecule has 0 bridgehead atoms. The molecule has 4 rings (SSSR count). The number of rotatable bonds is 3. The van der Waals surface area contributed by atoms with Gasteiger partial charge in [-0.2, -0.15) is 5.10 Å². The highest BCUT2D eigenvalue weighted by molar-refractivity contribution is 5.93. The molecule has 1 aliphatic carbocycles. The number of carbonyl (C=O) groups is 1. The minimum absolute atomic E-state index is 0.0000520. The van der Waals surface area contributed by atoms with Gasteiger partial charge in [0.25, 0.3) is 5.91 Å². The minimum Gasteiger partial charge on any atom is -0.372 e. The van der Waals surface area contributed by atoms with Crippen molar-refractivity contribution in [1.82, 2.24) is 20.1 Å². The van der Waals surface area contributed by atoms with Crippen molar-refractivity contribution in [2.75, 3.05) is 6.61 Å². The second kappa shape index (κ2) is 6.43. The van der Waals surface area contributed by atoms with Crippen molar-refractivity contribution in [3.05, 3.63) is 41.0 Å². The van der Waals surface area contributed by atoms with E-state index in [1.807, 2.05) is 23.9 Å². The zero-order chi connectivity index (χ0) is 16.5. The molecular formula is C18H24N4O2. The van der Waals surface area contributed by atoms with Gasteiger partial charge in [0.1, 0.15) is 11.8 Å². The van der Waals surface area contributed by atoms with Crippen LogP contribution in [0.4, 0.5) is 0 Å². The van der Waals surface area contributed by atoms with Crippen LogP contribution in [0.5, 0.6) is 0 Å². The van der Waals surface area contributed by atoms with Crippen LogP contribution in [0.3, 0.4) is 0 Å². The van der Waals surface area contributed by atoms with Crippen LogP contribution in [0.1, 0.15) is 59.2 Å². The summed E-state index contributed by atoms with van der Waals surface area (Å²) in [7, 11) is 1.92. The maximum Gasteiger partial charge on any atom is 0.267 e. The van der Waals surface area contributed by atoms with Crippen molar-refractivity contribution in [1.29, 1.82) is 0 Å². The Morgan fingerprint density at radius 2 is 2.29 bits per heavy atom. The Morgan fingerprint density at radius 1 is 1.42 bits per heavy atom. The number of aryl methyl sites for hydroxylation is 3. The first-order valence-electron chi connectivity index (χ1n) is 8.82. The summed E-state index contributed by atoms with van der Waals surface area (Å²) in [6.45, 7) is 0.655. The summed E-state index contributed by atoms with van der Waals surface area (Å²) < 4.78 is 7.71. The second-order valence-corrected chi connectivity index (χ2v) is 6.83. The van der Waals surface area contributed by atoms with Gasteiger partial charge >= 0.3 is 0 Å². The van der Waals surface area contributed by atoms with E-state index < -0.39 is 0 Å². The lowest BCUT2D eigenvalue weighted by atomic mass is 9.98. The van der Waals surface area contributed by atoms with Gasteiger partial charge < -0.3 is 15.0 Å². The normalized spacial score (nSPS) is 23.7. The number of amides is 1. The highest BCUT2D eigenvalue weighted by atomic mass is 16.5. The van der Waals surface area contributed by atoms with Crippen LogP contribution >= 0.6 is 0 Å². The third-order valence-electron chi connectivity index (χ3n) is 5.17. The van der Waals surface area contributed by atoms with Crippen molar-refractivity contribution < 1.29 is 9.53 Å². The SMILES string of the molecule is Cn1nccc1C1CC(NC(=O)c2cc3c([nH]2)CCCC3)CCO1. The summed E-state index contributed by atoms with van der Waals surface area (Å²) >= 11 is 0. The van der Waals surface area contributed by atoms with E-state index in [9.17, 15) is 4.79 Å². The molecule has 1 aliphatic heterocycles. The molecule has 2 aromatic heterocycles. The average molecular weight is 328 g/mol. The Morgan fingerprint density at radius 3 is 3.08 bits per heavy atom. The zero-order valence-corrected chi connectivity index (χ0v) is 14.0. The molecule has 1 amide bonds. The van der Waals surface area contributed by atoms with Crippen LogP contribution in [0.15, 0.2) is 18.3 Å². The van der Waals surface area contributed by atoms with Gasteiger partial charge in [0.2, 0.25) is 0 Å². The van der Waals surface area contributed by atoms with Gasteiger partial charge in [-0.3, -0.25) is 9.48 Å². The van der Waals surface area contributed by atoms with Crippen LogP contribution in [0, 0.1) is 0 Å². The molecule has 0 spiro atoms. The first-order chi connectivity index (χ1) is 11.7. The predicted molar refractivity (Wildman–Crippen MR) is 89.8 cm³/mol. The van der Waals surface area contributed by atoms with E-state index in [0.29, 0.717) is 12.3 Å². The second-order valence-electron chi connectivity index (χ2n) is 6.83. The number of H-pyrrole nitrogens is 1. The Labute approximate surface area is 141 Å². The van der Waals surface area contributed by atoms with E-state index in [4.69, 9.17) is 4.74 Å². The first kappa shape index (κ1) is 15.4. The highest BCUT2D eigenvalue weighted by Gasteiger charge is 2.27. The summed E-state index contributed by atoms with van der Waals surface area (Å²) in [5, 5.41) is 7.38. The molecule has 2 atom stereocenters. The van der Waals surface area contributed by atoms with E-state index in [-0.39, 0.29) is 18.1 Å². The number of aromatic nitrogens is 3. The lowest BCUT2D eigenvalue weighted by Gasteiger charge is -2.30. The number of nitrogens with one attached hydrogen (secondary N) is 2. The highest BCUT2D eigenvalue weighted by Crippen LogP contribution is 2.28. The van der Waals surface area contributed by atoms with Crippen LogP contribution in [0.25, 0.3) is 0 Å². The van der Waals surface area contributed by atoms with Crippen LogP contribution in [-0.4, -0.2) is 33.3 Å². The van der Waals surface area contributed by atoms with E-state index in [0.717, 1.165) is 31.4 Å². The first-order valence-corrected chi connectivity index (χ1v) is 8.82. The molecule has 1 saturated heterocycles. The average Bonchev–Trinajstić information content (AvgIpc) is 3.21. The molecule has 2 N–H and O–H groups in total. The molecule has 24 heavy (non-hydrogen) atoms. The molecule has 2 unspecified atom stereocenters. The van der Waals surface area contributed by atoms with Gasteiger partial charge in [0.15, 0.2) is 0 Å². The molecule has 0 aromatic carbocycles. The molecule has 3 heterocycles. The van der Waals surface area contributed by atoms with Gasteiger partial charge in [-0.1, -0.05) is 0 Å². The number of carbonyl (C=O) groups excluding carboxylic acids is 1. The summed E-state index contributed by atoms with van der Waals surface area (Å²) in [5.41, 5.74) is 4.31. The molecule has 0 radical (unpaired) electrons. The van der Waals surface area contributed by atoms with Crippen LogP contribution in [0.2, 0.25) is 0 Å². The maximum atomic E-state index is 12.6. The maximum absolute atomic E-state index is 12.6.